The Labute approximate surface area is 200 Å². The Morgan fingerprint density at radius 1 is 1.24 bits per heavy atom. The molecule has 33 heavy (non-hydrogen) atoms. The second-order valence-electron chi connectivity index (χ2n) is 8.98. The molecule has 2 heterocycles. The van der Waals surface area contributed by atoms with Gasteiger partial charge in [-0.3, -0.25) is 4.79 Å². The van der Waals surface area contributed by atoms with Gasteiger partial charge in [-0.1, -0.05) is 76.4 Å². The van der Waals surface area contributed by atoms with E-state index < -0.39 is 12.0 Å². The first-order valence-electron chi connectivity index (χ1n) is 11.3. The number of carbonyl (C=O) groups is 2. The van der Waals surface area contributed by atoms with Crippen molar-refractivity contribution in [2.75, 3.05) is 13.2 Å². The lowest BCUT2D eigenvalue weighted by Crippen LogP contribution is -2.38. The fourth-order valence-corrected chi connectivity index (χ4v) is 4.73. The summed E-state index contributed by atoms with van der Waals surface area (Å²) in [5.74, 6) is 0.303. The molecular formula is C26H33N3O3S. The highest BCUT2D eigenvalue weighted by molar-refractivity contribution is 8.16. The molecule has 0 aromatic heterocycles. The van der Waals surface area contributed by atoms with E-state index in [0.29, 0.717) is 29.7 Å². The molecule has 0 fully saturated rings. The Bertz CT molecular complexity index is 1010. The molecule has 176 valence electrons. The minimum atomic E-state index is -0.423. The van der Waals surface area contributed by atoms with Crippen LogP contribution in [0, 0.1) is 5.92 Å². The number of carbonyl (C=O) groups excluding carboxylic acids is 2. The Balaban J connectivity index is 1.98. The van der Waals surface area contributed by atoms with Crippen LogP contribution in [0.4, 0.5) is 0 Å². The zero-order chi connectivity index (χ0) is 24.1. The van der Waals surface area contributed by atoms with Crippen molar-refractivity contribution in [1.82, 2.24) is 10.2 Å². The van der Waals surface area contributed by atoms with Crippen molar-refractivity contribution in [3.8, 4) is 0 Å². The summed E-state index contributed by atoms with van der Waals surface area (Å²) in [6.07, 6.45) is 1.77. The van der Waals surface area contributed by atoms with Crippen molar-refractivity contribution in [1.29, 1.82) is 0 Å². The monoisotopic (exact) mass is 467 g/mol. The van der Waals surface area contributed by atoms with Crippen LogP contribution in [-0.2, 0) is 14.3 Å². The third-order valence-corrected chi connectivity index (χ3v) is 6.41. The van der Waals surface area contributed by atoms with Crippen LogP contribution < -0.4 is 5.32 Å². The van der Waals surface area contributed by atoms with Gasteiger partial charge in [0.15, 0.2) is 5.17 Å². The normalized spacial score (nSPS) is 17.7. The highest BCUT2D eigenvalue weighted by Gasteiger charge is 2.41. The number of hydrogen-bond donors (Lipinski definition) is 1. The molecule has 0 saturated heterocycles. The molecule has 6 nitrogen and oxygen atoms in total. The summed E-state index contributed by atoms with van der Waals surface area (Å²) in [5, 5.41) is 5.69. The lowest BCUT2D eigenvalue weighted by Gasteiger charge is -2.36. The van der Waals surface area contributed by atoms with Crippen molar-refractivity contribution >= 4 is 28.8 Å². The van der Waals surface area contributed by atoms with Gasteiger partial charge in [-0.2, -0.15) is 0 Å². The van der Waals surface area contributed by atoms with Gasteiger partial charge in [0, 0.05) is 12.2 Å². The number of nitrogens with zero attached hydrogens (tertiary/aromatic N) is 2. The quantitative estimate of drug-likeness (QED) is 0.395. The van der Waals surface area contributed by atoms with E-state index >= 15 is 0 Å². The molecule has 1 amide bonds. The van der Waals surface area contributed by atoms with E-state index in [9.17, 15) is 9.59 Å². The first kappa shape index (κ1) is 24.8. The summed E-state index contributed by atoms with van der Waals surface area (Å²) in [6, 6.07) is 7.87. The van der Waals surface area contributed by atoms with E-state index in [1.165, 1.54) is 17.3 Å². The van der Waals surface area contributed by atoms with Crippen molar-refractivity contribution in [2.24, 2.45) is 10.9 Å². The van der Waals surface area contributed by atoms with Gasteiger partial charge in [0.2, 0.25) is 5.91 Å². The Kier molecular flexibility index (Phi) is 8.19. The van der Waals surface area contributed by atoms with Gasteiger partial charge in [0.05, 0.1) is 23.7 Å². The van der Waals surface area contributed by atoms with Crippen molar-refractivity contribution in [3.63, 3.8) is 0 Å². The molecule has 7 heteroatoms. The maximum atomic E-state index is 13.1. The molecule has 0 radical (unpaired) electrons. The number of allylic oxidation sites excluding steroid dienone is 1. The highest BCUT2D eigenvalue weighted by atomic mass is 32.2. The average Bonchev–Trinajstić information content (AvgIpc) is 3.16. The molecule has 2 aliphatic rings. The lowest BCUT2D eigenvalue weighted by atomic mass is 9.92. The fraction of sp³-hybridized carbons (Fsp3) is 0.423. The number of amidine groups is 1. The van der Waals surface area contributed by atoms with E-state index in [1.54, 1.807) is 6.08 Å². The molecule has 1 N–H and O–H groups in total. The van der Waals surface area contributed by atoms with Crippen LogP contribution in [0.25, 0.3) is 0 Å². The number of hydrogen-bond acceptors (Lipinski definition) is 6. The fourth-order valence-electron chi connectivity index (χ4n) is 3.77. The average molecular weight is 468 g/mol. The van der Waals surface area contributed by atoms with Crippen LogP contribution in [-0.4, -0.2) is 35.1 Å². The Morgan fingerprint density at radius 3 is 2.55 bits per heavy atom. The van der Waals surface area contributed by atoms with Gasteiger partial charge in [-0.05, 0) is 35.3 Å². The molecule has 1 aromatic rings. The number of benzene rings is 1. The number of rotatable bonds is 9. The third kappa shape index (κ3) is 5.77. The van der Waals surface area contributed by atoms with Gasteiger partial charge in [0.1, 0.15) is 6.61 Å². The van der Waals surface area contributed by atoms with Gasteiger partial charge in [-0.25, -0.2) is 9.79 Å². The summed E-state index contributed by atoms with van der Waals surface area (Å²) in [5.41, 5.74) is 4.10. The van der Waals surface area contributed by atoms with Gasteiger partial charge < -0.3 is 15.0 Å². The number of fused-ring (bicyclic) bond motifs is 1. The van der Waals surface area contributed by atoms with E-state index in [-0.39, 0.29) is 18.9 Å². The molecule has 0 bridgehead atoms. The molecular weight excluding hydrogens is 434 g/mol. The summed E-state index contributed by atoms with van der Waals surface area (Å²) in [6.45, 7) is 14.6. The largest absolute Gasteiger partial charge is 0.458 e. The molecule has 0 spiro atoms. The summed E-state index contributed by atoms with van der Waals surface area (Å²) >= 11 is 1.47. The molecule has 1 aromatic carbocycles. The number of thioether (sulfide) groups is 1. The van der Waals surface area contributed by atoms with E-state index in [2.05, 4.69) is 68.8 Å². The number of ether oxygens (including phenoxy) is 1. The zero-order valence-corrected chi connectivity index (χ0v) is 20.9. The molecule has 0 saturated carbocycles. The molecule has 0 unspecified atom stereocenters. The minimum absolute atomic E-state index is 0.0484. The van der Waals surface area contributed by atoms with E-state index in [4.69, 9.17) is 4.74 Å². The van der Waals surface area contributed by atoms with Crippen LogP contribution in [0.2, 0.25) is 0 Å². The van der Waals surface area contributed by atoms with E-state index in [1.807, 2.05) is 17.2 Å². The molecule has 0 aliphatic carbocycles. The number of esters is 1. The zero-order valence-electron chi connectivity index (χ0n) is 20.1. The topological polar surface area (TPSA) is 71.0 Å². The maximum absolute atomic E-state index is 13.1. The molecule has 2 aliphatic heterocycles. The van der Waals surface area contributed by atoms with Crippen LogP contribution >= 0.6 is 11.8 Å². The minimum Gasteiger partial charge on any atom is -0.458 e. The lowest BCUT2D eigenvalue weighted by molar-refractivity contribution is -0.138. The number of nitrogens with one attached hydrogen (secondary N) is 1. The van der Waals surface area contributed by atoms with Crippen LogP contribution in [0.15, 0.2) is 64.3 Å². The van der Waals surface area contributed by atoms with Gasteiger partial charge >= 0.3 is 5.97 Å². The number of amides is 1. The third-order valence-electron chi connectivity index (χ3n) is 5.52. The van der Waals surface area contributed by atoms with Gasteiger partial charge in [0.25, 0.3) is 0 Å². The summed E-state index contributed by atoms with van der Waals surface area (Å²) in [4.78, 5) is 32.4. The standard InChI is InChI=1S/C26H33N3O3S/c1-7-12-32-25(31)23-18(6)28-26-29(21(15-33-26)13-22(30)27-14-16(2)3)24(23)20-10-8-19(9-11-20)17(4)5/h7-11,15-17,24H,1,12-14H2,2-6H3,(H,27,30)/t24-/m1/s1. The van der Waals surface area contributed by atoms with Gasteiger partial charge in [-0.15, -0.1) is 0 Å². The smallest absolute Gasteiger partial charge is 0.338 e. The van der Waals surface area contributed by atoms with Crippen molar-refractivity contribution in [3.05, 3.63) is 70.4 Å². The maximum Gasteiger partial charge on any atom is 0.338 e. The molecule has 1 atom stereocenters. The van der Waals surface area contributed by atoms with Crippen LogP contribution in [0.3, 0.4) is 0 Å². The highest BCUT2D eigenvalue weighted by Crippen LogP contribution is 2.45. The summed E-state index contributed by atoms with van der Waals surface area (Å²) < 4.78 is 5.43. The van der Waals surface area contributed by atoms with Crippen LogP contribution in [0.1, 0.15) is 64.1 Å². The van der Waals surface area contributed by atoms with Crippen molar-refractivity contribution in [2.45, 2.75) is 53.0 Å². The van der Waals surface area contributed by atoms with E-state index in [0.717, 1.165) is 16.4 Å². The second-order valence-corrected chi connectivity index (χ2v) is 9.81. The van der Waals surface area contributed by atoms with Crippen molar-refractivity contribution < 1.29 is 14.3 Å². The SMILES string of the molecule is C=CCOC(=O)C1=C(C)N=C2SC=C(CC(=O)NCC(C)C)N2[C@@H]1c1ccc(C(C)C)cc1. The first-order chi connectivity index (χ1) is 15.7. The second kappa shape index (κ2) is 10.9. The molecule has 3 rings (SSSR count). The number of aliphatic imine (C=N–C) groups is 1. The predicted octanol–water partition coefficient (Wildman–Crippen LogP) is 5.28. The first-order valence-corrected chi connectivity index (χ1v) is 12.2. The predicted molar refractivity (Wildman–Crippen MR) is 135 cm³/mol. The Hall–Kier alpha value is -2.80. The summed E-state index contributed by atoms with van der Waals surface area (Å²) in [7, 11) is 0. The Morgan fingerprint density at radius 2 is 1.94 bits per heavy atom. The van der Waals surface area contributed by atoms with Crippen LogP contribution in [0.5, 0.6) is 0 Å².